The fourth-order valence-corrected chi connectivity index (χ4v) is 4.03. The number of carboxylic acids is 2. The number of hydrogen-bond donors (Lipinski definition) is 2. The van der Waals surface area contributed by atoms with Crippen molar-refractivity contribution < 1.29 is 28.2 Å². The normalized spacial score (nSPS) is 24.8. The predicted octanol–water partition coefficient (Wildman–Crippen LogP) is 0.470. The minimum atomic E-state index is -3.52. The van der Waals surface area contributed by atoms with Crippen LogP contribution < -0.4 is 0 Å². The highest BCUT2D eigenvalue weighted by atomic mass is 32.2. The number of sulfonamides is 1. The molecule has 1 heterocycles. The van der Waals surface area contributed by atoms with Crippen molar-refractivity contribution in [2.75, 3.05) is 18.8 Å². The lowest BCUT2D eigenvalue weighted by atomic mass is 9.86. The van der Waals surface area contributed by atoms with E-state index in [4.69, 9.17) is 10.2 Å². The summed E-state index contributed by atoms with van der Waals surface area (Å²) >= 11 is 0. The average Bonchev–Trinajstić information content (AvgIpc) is 2.35. The predicted molar refractivity (Wildman–Crippen MR) is 71.7 cm³/mol. The van der Waals surface area contributed by atoms with Crippen LogP contribution in [0.4, 0.5) is 0 Å². The van der Waals surface area contributed by atoms with Crippen molar-refractivity contribution >= 4 is 22.0 Å². The van der Waals surface area contributed by atoms with Gasteiger partial charge in [0, 0.05) is 13.1 Å². The lowest BCUT2D eigenvalue weighted by Gasteiger charge is -2.33. The van der Waals surface area contributed by atoms with Crippen LogP contribution in [0.3, 0.4) is 0 Å². The van der Waals surface area contributed by atoms with E-state index in [0.717, 1.165) is 4.31 Å². The first-order chi connectivity index (χ1) is 9.15. The highest BCUT2D eigenvalue weighted by Crippen LogP contribution is 2.26. The Morgan fingerprint density at radius 1 is 1.20 bits per heavy atom. The minimum Gasteiger partial charge on any atom is -0.481 e. The molecule has 1 aliphatic heterocycles. The quantitative estimate of drug-likeness (QED) is 0.737. The smallest absolute Gasteiger partial charge is 0.308 e. The zero-order valence-electron chi connectivity index (χ0n) is 11.7. The highest BCUT2D eigenvalue weighted by molar-refractivity contribution is 7.89. The van der Waals surface area contributed by atoms with Crippen molar-refractivity contribution in [2.24, 2.45) is 17.8 Å². The summed E-state index contributed by atoms with van der Waals surface area (Å²) in [6, 6.07) is 0. The standard InChI is InChI=1S/C12H21NO6S/c1-8(2)4-6-20(18,19)13-5-3-9(11(14)15)10(7-13)12(16)17/h8-10H,3-7H2,1-2H3,(H,14,15)(H,16,17). The molecule has 1 rings (SSSR count). The molecule has 0 saturated carbocycles. The first kappa shape index (κ1) is 16.9. The van der Waals surface area contributed by atoms with Crippen LogP contribution >= 0.6 is 0 Å². The van der Waals surface area contributed by atoms with Crippen LogP contribution in [0.1, 0.15) is 26.7 Å². The summed E-state index contributed by atoms with van der Waals surface area (Å²) in [6.45, 7) is 3.63. The molecular weight excluding hydrogens is 286 g/mol. The molecule has 0 radical (unpaired) electrons. The molecule has 2 N–H and O–H groups in total. The molecule has 0 amide bonds. The second kappa shape index (κ2) is 6.53. The third kappa shape index (κ3) is 4.17. The second-order valence-electron chi connectivity index (χ2n) is 5.53. The summed E-state index contributed by atoms with van der Waals surface area (Å²) in [5.41, 5.74) is 0. The molecule has 1 aliphatic rings. The fraction of sp³-hybridized carbons (Fsp3) is 0.833. The van der Waals surface area contributed by atoms with E-state index >= 15 is 0 Å². The molecule has 0 aromatic rings. The lowest BCUT2D eigenvalue weighted by molar-refractivity contribution is -0.156. The van der Waals surface area contributed by atoms with E-state index in [1.807, 2.05) is 13.8 Å². The summed E-state index contributed by atoms with van der Waals surface area (Å²) in [5.74, 6) is -4.46. The summed E-state index contributed by atoms with van der Waals surface area (Å²) in [7, 11) is -3.52. The zero-order chi connectivity index (χ0) is 15.5. The van der Waals surface area contributed by atoms with Gasteiger partial charge in [0.2, 0.25) is 10.0 Å². The third-order valence-corrected chi connectivity index (χ3v) is 5.43. The van der Waals surface area contributed by atoms with Crippen molar-refractivity contribution in [3.8, 4) is 0 Å². The molecule has 0 aromatic heterocycles. The number of carboxylic acid groups (broad SMARTS) is 2. The SMILES string of the molecule is CC(C)CCS(=O)(=O)N1CCC(C(=O)O)C(C(=O)O)C1. The van der Waals surface area contributed by atoms with Gasteiger partial charge in [-0.2, -0.15) is 0 Å². The summed E-state index contributed by atoms with van der Waals surface area (Å²) in [6.07, 6.45) is 0.534. The van der Waals surface area contributed by atoms with Crippen molar-refractivity contribution in [2.45, 2.75) is 26.7 Å². The average molecular weight is 307 g/mol. The zero-order valence-corrected chi connectivity index (χ0v) is 12.5. The van der Waals surface area contributed by atoms with Crippen molar-refractivity contribution in [1.82, 2.24) is 4.31 Å². The maximum atomic E-state index is 12.1. The minimum absolute atomic E-state index is 0.0330. The van der Waals surface area contributed by atoms with Crippen LogP contribution in [-0.2, 0) is 19.6 Å². The van der Waals surface area contributed by atoms with Gasteiger partial charge < -0.3 is 10.2 Å². The second-order valence-corrected chi connectivity index (χ2v) is 7.62. The topological polar surface area (TPSA) is 112 Å². The lowest BCUT2D eigenvalue weighted by Crippen LogP contribution is -2.49. The van der Waals surface area contributed by atoms with E-state index in [0.29, 0.717) is 6.42 Å². The van der Waals surface area contributed by atoms with Gasteiger partial charge in [-0.25, -0.2) is 12.7 Å². The summed E-state index contributed by atoms with van der Waals surface area (Å²) in [4.78, 5) is 22.1. The number of aliphatic carboxylic acids is 2. The van der Waals surface area contributed by atoms with Gasteiger partial charge in [0.25, 0.3) is 0 Å². The Balaban J connectivity index is 2.80. The van der Waals surface area contributed by atoms with Gasteiger partial charge in [-0.3, -0.25) is 9.59 Å². The molecular formula is C12H21NO6S. The van der Waals surface area contributed by atoms with Crippen LogP contribution in [0.5, 0.6) is 0 Å². The van der Waals surface area contributed by atoms with Gasteiger partial charge in [0.05, 0.1) is 17.6 Å². The monoisotopic (exact) mass is 307 g/mol. The van der Waals surface area contributed by atoms with Crippen molar-refractivity contribution in [3.63, 3.8) is 0 Å². The Hall–Kier alpha value is -1.15. The molecule has 0 bridgehead atoms. The molecule has 1 saturated heterocycles. The Morgan fingerprint density at radius 2 is 1.75 bits per heavy atom. The molecule has 0 aromatic carbocycles. The highest BCUT2D eigenvalue weighted by Gasteiger charge is 2.41. The first-order valence-electron chi connectivity index (χ1n) is 6.58. The van der Waals surface area contributed by atoms with Crippen LogP contribution in [0.2, 0.25) is 0 Å². The van der Waals surface area contributed by atoms with E-state index in [-0.39, 0.29) is 31.2 Å². The molecule has 2 unspecified atom stereocenters. The Kier molecular flexibility index (Phi) is 5.52. The molecule has 0 aliphatic carbocycles. The molecule has 8 heteroatoms. The van der Waals surface area contributed by atoms with E-state index in [2.05, 4.69) is 0 Å². The number of nitrogens with zero attached hydrogens (tertiary/aromatic N) is 1. The number of hydrogen-bond acceptors (Lipinski definition) is 4. The Labute approximate surface area is 118 Å². The number of rotatable bonds is 6. The third-order valence-electron chi connectivity index (χ3n) is 3.56. The van der Waals surface area contributed by atoms with Gasteiger partial charge >= 0.3 is 11.9 Å². The van der Waals surface area contributed by atoms with Gasteiger partial charge in [0.1, 0.15) is 0 Å². The van der Waals surface area contributed by atoms with Crippen molar-refractivity contribution in [3.05, 3.63) is 0 Å². The molecule has 20 heavy (non-hydrogen) atoms. The maximum absolute atomic E-state index is 12.1. The fourth-order valence-electron chi connectivity index (χ4n) is 2.23. The Morgan fingerprint density at radius 3 is 2.20 bits per heavy atom. The van der Waals surface area contributed by atoms with Crippen molar-refractivity contribution in [1.29, 1.82) is 0 Å². The largest absolute Gasteiger partial charge is 0.481 e. The summed E-state index contributed by atoms with van der Waals surface area (Å²) < 4.78 is 25.4. The molecule has 1 fully saturated rings. The van der Waals surface area contributed by atoms with Crippen LogP contribution in [-0.4, -0.2) is 53.7 Å². The van der Waals surface area contributed by atoms with E-state index in [1.54, 1.807) is 0 Å². The van der Waals surface area contributed by atoms with Gasteiger partial charge in [0.15, 0.2) is 0 Å². The summed E-state index contributed by atoms with van der Waals surface area (Å²) in [5, 5.41) is 18.1. The number of piperidine rings is 1. The number of carbonyl (C=O) groups is 2. The molecule has 7 nitrogen and oxygen atoms in total. The first-order valence-corrected chi connectivity index (χ1v) is 8.19. The Bertz CT molecular complexity index is 472. The maximum Gasteiger partial charge on any atom is 0.308 e. The molecule has 2 atom stereocenters. The van der Waals surface area contributed by atoms with E-state index < -0.39 is 33.8 Å². The van der Waals surface area contributed by atoms with Gasteiger partial charge in [-0.1, -0.05) is 13.8 Å². The molecule has 116 valence electrons. The van der Waals surface area contributed by atoms with Crippen LogP contribution in [0.15, 0.2) is 0 Å². The van der Waals surface area contributed by atoms with Gasteiger partial charge in [-0.05, 0) is 18.8 Å². The van der Waals surface area contributed by atoms with Gasteiger partial charge in [-0.15, -0.1) is 0 Å². The van der Waals surface area contributed by atoms with E-state index in [9.17, 15) is 18.0 Å². The molecule has 0 spiro atoms. The van der Waals surface area contributed by atoms with E-state index in [1.165, 1.54) is 0 Å². The van der Waals surface area contributed by atoms with Crippen LogP contribution in [0, 0.1) is 17.8 Å². The van der Waals surface area contributed by atoms with Crippen LogP contribution in [0.25, 0.3) is 0 Å².